The van der Waals surface area contributed by atoms with E-state index in [2.05, 4.69) is 26.2 Å². The van der Waals surface area contributed by atoms with Gasteiger partial charge in [0.2, 0.25) is 5.56 Å². The molecule has 2 aliphatic rings. The predicted octanol–water partition coefficient (Wildman–Crippen LogP) is 3.08. The lowest BCUT2D eigenvalue weighted by atomic mass is 10.0. The highest BCUT2D eigenvalue weighted by Gasteiger charge is 2.40. The van der Waals surface area contributed by atoms with Crippen molar-refractivity contribution in [1.29, 1.82) is 0 Å². The van der Waals surface area contributed by atoms with Crippen LogP contribution in [0.3, 0.4) is 0 Å². The van der Waals surface area contributed by atoms with Crippen LogP contribution >= 0.6 is 15.9 Å². The van der Waals surface area contributed by atoms with Crippen LogP contribution in [0.15, 0.2) is 27.5 Å². The van der Waals surface area contributed by atoms with Crippen molar-refractivity contribution in [2.75, 3.05) is 44.3 Å². The number of alkyl halides is 3. The van der Waals surface area contributed by atoms with Crippen LogP contribution in [0.1, 0.15) is 38.4 Å². The van der Waals surface area contributed by atoms with E-state index in [0.29, 0.717) is 0 Å². The van der Waals surface area contributed by atoms with Crippen LogP contribution in [0.25, 0.3) is 0 Å². The molecule has 3 heterocycles. The van der Waals surface area contributed by atoms with Crippen LogP contribution in [-0.4, -0.2) is 67.1 Å². The predicted molar refractivity (Wildman–Crippen MR) is 126 cm³/mol. The number of nitrogens with zero attached hydrogens (tertiary/aromatic N) is 2. The number of rotatable bonds is 4. The third-order valence-corrected chi connectivity index (χ3v) is 6.60. The molecule has 0 spiro atoms. The Morgan fingerprint density at radius 3 is 2.50 bits per heavy atom. The molecule has 36 heavy (non-hydrogen) atoms. The SMILES string of the molecule is Cc1[nH]c(=O)cc(C(=O)N[C@@H]2CCN(c3c(C(=O)N4CCOCC4)cc(Br)cc3C(F)(F)F)C2)c1F. The Bertz CT molecular complexity index is 1240. The van der Waals surface area contributed by atoms with Crippen LogP contribution in [0.4, 0.5) is 23.2 Å². The summed E-state index contributed by atoms with van der Waals surface area (Å²) in [6.45, 7) is 2.48. The zero-order chi connectivity index (χ0) is 26.2. The third-order valence-electron chi connectivity index (χ3n) is 6.14. The number of benzene rings is 1. The Balaban J connectivity index is 1.63. The first-order valence-corrected chi connectivity index (χ1v) is 12.0. The molecule has 4 rings (SSSR count). The van der Waals surface area contributed by atoms with Crippen molar-refractivity contribution in [2.45, 2.75) is 25.6 Å². The normalized spacial score (nSPS) is 18.4. The number of hydrogen-bond acceptors (Lipinski definition) is 5. The molecule has 2 saturated heterocycles. The van der Waals surface area contributed by atoms with E-state index in [1.54, 1.807) is 0 Å². The van der Waals surface area contributed by atoms with Gasteiger partial charge in [0.1, 0.15) is 0 Å². The van der Waals surface area contributed by atoms with Crippen LogP contribution in [0, 0.1) is 12.7 Å². The van der Waals surface area contributed by atoms with Gasteiger partial charge in [0.05, 0.1) is 41.3 Å². The lowest BCUT2D eigenvalue weighted by molar-refractivity contribution is -0.137. The van der Waals surface area contributed by atoms with Gasteiger partial charge in [-0.25, -0.2) is 4.39 Å². The van der Waals surface area contributed by atoms with E-state index < -0.39 is 46.5 Å². The van der Waals surface area contributed by atoms with Gasteiger partial charge < -0.3 is 24.8 Å². The molecule has 2 fully saturated rings. The molecule has 0 aliphatic carbocycles. The number of amides is 2. The molecule has 2 amide bonds. The Kier molecular flexibility index (Phi) is 7.41. The topological polar surface area (TPSA) is 94.7 Å². The summed E-state index contributed by atoms with van der Waals surface area (Å²) in [4.78, 5) is 42.7. The first kappa shape index (κ1) is 26.1. The average molecular weight is 575 g/mol. The maximum atomic E-state index is 14.4. The van der Waals surface area contributed by atoms with Crippen LogP contribution in [0.2, 0.25) is 0 Å². The van der Waals surface area contributed by atoms with E-state index in [1.807, 2.05) is 0 Å². The maximum Gasteiger partial charge on any atom is 0.418 e. The minimum Gasteiger partial charge on any atom is -0.378 e. The number of anilines is 1. The number of H-pyrrole nitrogens is 1. The summed E-state index contributed by atoms with van der Waals surface area (Å²) in [6.07, 6.45) is -4.49. The van der Waals surface area contributed by atoms with Crippen molar-refractivity contribution in [3.05, 3.63) is 61.2 Å². The molecule has 0 bridgehead atoms. The Morgan fingerprint density at radius 1 is 1.14 bits per heavy atom. The number of carbonyl (C=O) groups is 2. The fraction of sp³-hybridized carbons (Fsp3) is 0.435. The average Bonchev–Trinajstić information content (AvgIpc) is 3.28. The van der Waals surface area contributed by atoms with E-state index >= 15 is 0 Å². The Labute approximate surface area is 211 Å². The van der Waals surface area contributed by atoms with Gasteiger partial charge in [0, 0.05) is 42.8 Å². The standard InChI is InChI=1S/C23H23BrF4N4O4/c1-12-19(25)15(10-18(33)29-12)21(34)30-14-2-3-32(11-14)20-16(22(35)31-4-6-36-7-5-31)8-13(24)9-17(20)23(26,27)28/h8-10,14H,2-7,11H2,1H3,(H,29,33)(H,30,34)/t14-/m1/s1. The second kappa shape index (κ2) is 10.2. The molecule has 0 unspecified atom stereocenters. The van der Waals surface area contributed by atoms with Gasteiger partial charge in [-0.2, -0.15) is 13.2 Å². The van der Waals surface area contributed by atoms with Gasteiger partial charge in [0.25, 0.3) is 11.8 Å². The highest BCUT2D eigenvalue weighted by molar-refractivity contribution is 9.10. The summed E-state index contributed by atoms with van der Waals surface area (Å²) < 4.78 is 62.0. The number of carbonyl (C=O) groups excluding carboxylic acids is 2. The van der Waals surface area contributed by atoms with E-state index in [9.17, 15) is 31.9 Å². The van der Waals surface area contributed by atoms with Crippen molar-refractivity contribution >= 4 is 33.4 Å². The Hall–Kier alpha value is -2.93. The van der Waals surface area contributed by atoms with Crippen molar-refractivity contribution in [3.63, 3.8) is 0 Å². The van der Waals surface area contributed by atoms with Crippen molar-refractivity contribution in [2.24, 2.45) is 0 Å². The van der Waals surface area contributed by atoms with Crippen molar-refractivity contribution < 1.29 is 31.9 Å². The molecule has 8 nitrogen and oxygen atoms in total. The molecule has 13 heteroatoms. The molecule has 2 aliphatic heterocycles. The molecule has 1 atom stereocenters. The largest absolute Gasteiger partial charge is 0.418 e. The number of pyridine rings is 1. The highest BCUT2D eigenvalue weighted by atomic mass is 79.9. The number of halogens is 5. The van der Waals surface area contributed by atoms with Gasteiger partial charge in [-0.05, 0) is 25.5 Å². The minimum atomic E-state index is -4.74. The minimum absolute atomic E-state index is 0.0381. The fourth-order valence-corrected chi connectivity index (χ4v) is 4.90. The van der Waals surface area contributed by atoms with Crippen LogP contribution in [0.5, 0.6) is 0 Å². The zero-order valence-corrected chi connectivity index (χ0v) is 20.8. The van der Waals surface area contributed by atoms with Gasteiger partial charge in [0.15, 0.2) is 5.82 Å². The van der Waals surface area contributed by atoms with Gasteiger partial charge >= 0.3 is 6.18 Å². The van der Waals surface area contributed by atoms with Gasteiger partial charge in [-0.3, -0.25) is 14.4 Å². The molecule has 194 valence electrons. The van der Waals surface area contributed by atoms with Crippen LogP contribution < -0.4 is 15.8 Å². The third kappa shape index (κ3) is 5.41. The summed E-state index contributed by atoms with van der Waals surface area (Å²) in [7, 11) is 0. The van der Waals surface area contributed by atoms with E-state index in [1.165, 1.54) is 22.8 Å². The highest BCUT2D eigenvalue weighted by Crippen LogP contribution is 2.42. The number of hydrogen-bond donors (Lipinski definition) is 2. The smallest absolute Gasteiger partial charge is 0.378 e. The van der Waals surface area contributed by atoms with E-state index in [-0.39, 0.29) is 67.2 Å². The zero-order valence-electron chi connectivity index (χ0n) is 19.2. The fourth-order valence-electron chi connectivity index (χ4n) is 4.44. The van der Waals surface area contributed by atoms with Gasteiger partial charge in [-0.15, -0.1) is 0 Å². The monoisotopic (exact) mass is 574 g/mol. The molecule has 0 radical (unpaired) electrons. The first-order valence-electron chi connectivity index (χ1n) is 11.2. The van der Waals surface area contributed by atoms with Crippen molar-refractivity contribution in [1.82, 2.24) is 15.2 Å². The number of aromatic amines is 1. The first-order chi connectivity index (χ1) is 17.0. The molecular formula is C23H23BrF4N4O4. The van der Waals surface area contributed by atoms with Crippen LogP contribution in [-0.2, 0) is 10.9 Å². The molecule has 1 aromatic heterocycles. The summed E-state index contributed by atoms with van der Waals surface area (Å²) in [5.41, 5.74) is -2.55. The quantitative estimate of drug-likeness (QED) is 0.547. The van der Waals surface area contributed by atoms with E-state index in [0.717, 1.165) is 12.1 Å². The number of aromatic nitrogens is 1. The summed E-state index contributed by atoms with van der Waals surface area (Å²) >= 11 is 3.09. The molecule has 0 saturated carbocycles. The number of morpholine rings is 1. The Morgan fingerprint density at radius 2 is 1.83 bits per heavy atom. The molecular weight excluding hydrogens is 552 g/mol. The maximum absolute atomic E-state index is 14.4. The van der Waals surface area contributed by atoms with Gasteiger partial charge in [-0.1, -0.05) is 15.9 Å². The summed E-state index contributed by atoms with van der Waals surface area (Å²) in [6, 6.07) is 2.49. The number of nitrogens with one attached hydrogen (secondary N) is 2. The number of ether oxygens (including phenoxy) is 1. The molecule has 2 aromatic rings. The summed E-state index contributed by atoms with van der Waals surface area (Å²) in [5.74, 6) is -2.27. The number of aryl methyl sites for hydroxylation is 1. The van der Waals surface area contributed by atoms with E-state index in [4.69, 9.17) is 4.74 Å². The molecule has 1 aromatic carbocycles. The molecule has 2 N–H and O–H groups in total. The lowest BCUT2D eigenvalue weighted by Gasteiger charge is -2.31. The second-order valence-corrected chi connectivity index (χ2v) is 9.56. The van der Waals surface area contributed by atoms with Crippen molar-refractivity contribution in [3.8, 4) is 0 Å². The lowest BCUT2D eigenvalue weighted by Crippen LogP contribution is -2.42. The second-order valence-electron chi connectivity index (χ2n) is 8.64. The summed E-state index contributed by atoms with van der Waals surface area (Å²) in [5, 5.41) is 2.60.